The molecule has 5 heteroatoms. The van der Waals surface area contributed by atoms with Crippen LogP contribution in [0.3, 0.4) is 0 Å². The third-order valence-corrected chi connectivity index (χ3v) is 2.13. The molecule has 1 rings (SSSR count). The second kappa shape index (κ2) is 7.62. The van der Waals surface area contributed by atoms with Crippen LogP contribution in [0.5, 0.6) is 0 Å². The number of hydrogen-bond donors (Lipinski definition) is 3. The highest BCUT2D eigenvalue weighted by atomic mass is 16.5. The van der Waals surface area contributed by atoms with Gasteiger partial charge in [-0.3, -0.25) is 4.79 Å². The molecule has 0 bridgehead atoms. The van der Waals surface area contributed by atoms with Crippen molar-refractivity contribution < 1.29 is 14.6 Å². The van der Waals surface area contributed by atoms with E-state index in [0.717, 1.165) is 19.4 Å². The van der Waals surface area contributed by atoms with E-state index >= 15 is 0 Å². The molecule has 3 N–H and O–H groups in total. The van der Waals surface area contributed by atoms with Crippen LogP contribution in [0.4, 0.5) is 0 Å². The summed E-state index contributed by atoms with van der Waals surface area (Å²) in [6.45, 7) is 2.41. The van der Waals surface area contributed by atoms with Gasteiger partial charge in [0.15, 0.2) is 0 Å². The first-order chi connectivity index (χ1) is 7.33. The molecule has 1 fully saturated rings. The smallest absolute Gasteiger partial charge is 0.221 e. The van der Waals surface area contributed by atoms with E-state index in [1.54, 1.807) is 0 Å². The average molecular weight is 216 g/mol. The normalized spacial score (nSPS) is 15.3. The lowest BCUT2D eigenvalue weighted by molar-refractivity contribution is -0.121. The average Bonchev–Trinajstić information content (AvgIpc) is 3.00. The van der Waals surface area contributed by atoms with E-state index in [1.807, 2.05) is 0 Å². The summed E-state index contributed by atoms with van der Waals surface area (Å²) in [5.74, 6) is 0.126. The number of carbonyl (C=O) groups excluding carboxylic acids is 1. The summed E-state index contributed by atoms with van der Waals surface area (Å²) in [5, 5.41) is 14.5. The van der Waals surface area contributed by atoms with Crippen LogP contribution < -0.4 is 10.6 Å². The summed E-state index contributed by atoms with van der Waals surface area (Å²) < 4.78 is 5.05. The molecular weight excluding hydrogens is 196 g/mol. The Morgan fingerprint density at radius 3 is 2.80 bits per heavy atom. The Morgan fingerprint density at radius 1 is 1.33 bits per heavy atom. The fourth-order valence-electron chi connectivity index (χ4n) is 1.17. The molecule has 1 amide bonds. The Balaban J connectivity index is 1.77. The maximum Gasteiger partial charge on any atom is 0.221 e. The van der Waals surface area contributed by atoms with Crippen LogP contribution in [0.25, 0.3) is 0 Å². The van der Waals surface area contributed by atoms with Gasteiger partial charge in [0.25, 0.3) is 0 Å². The molecule has 0 unspecified atom stereocenters. The number of rotatable bonds is 9. The van der Waals surface area contributed by atoms with Crippen LogP contribution in [0.1, 0.15) is 19.3 Å². The van der Waals surface area contributed by atoms with Crippen LogP contribution >= 0.6 is 0 Å². The number of amides is 1. The third-order valence-electron chi connectivity index (χ3n) is 2.13. The van der Waals surface area contributed by atoms with Crippen molar-refractivity contribution in [2.45, 2.75) is 25.3 Å². The van der Waals surface area contributed by atoms with Gasteiger partial charge in [-0.25, -0.2) is 0 Å². The van der Waals surface area contributed by atoms with Gasteiger partial charge in [0.1, 0.15) is 0 Å². The molecule has 88 valence electrons. The number of carbonyl (C=O) groups is 1. The number of nitrogens with one attached hydrogen (secondary N) is 2. The van der Waals surface area contributed by atoms with Crippen molar-refractivity contribution in [1.29, 1.82) is 0 Å². The van der Waals surface area contributed by atoms with Crippen molar-refractivity contribution in [2.75, 3.05) is 32.9 Å². The highest BCUT2D eigenvalue weighted by Gasteiger charge is 2.22. The van der Waals surface area contributed by atoms with E-state index in [4.69, 9.17) is 9.84 Å². The Hall–Kier alpha value is -0.650. The lowest BCUT2D eigenvalue weighted by Crippen LogP contribution is -2.30. The second-order valence-corrected chi connectivity index (χ2v) is 3.68. The van der Waals surface area contributed by atoms with Gasteiger partial charge in [0.2, 0.25) is 5.91 Å². The Labute approximate surface area is 90.2 Å². The molecule has 0 aromatic carbocycles. The minimum atomic E-state index is 0.0593. The maximum absolute atomic E-state index is 11.2. The van der Waals surface area contributed by atoms with Crippen molar-refractivity contribution >= 4 is 5.91 Å². The first-order valence-electron chi connectivity index (χ1n) is 5.51. The van der Waals surface area contributed by atoms with Gasteiger partial charge >= 0.3 is 0 Å². The number of ether oxygens (including phenoxy) is 1. The molecule has 0 radical (unpaired) electrons. The highest BCUT2D eigenvalue weighted by molar-refractivity contribution is 5.76. The summed E-state index contributed by atoms with van der Waals surface area (Å²) in [4.78, 5) is 11.2. The fourth-order valence-corrected chi connectivity index (χ4v) is 1.17. The minimum Gasteiger partial charge on any atom is -0.394 e. The molecular formula is C10H20N2O3. The number of aliphatic hydroxyl groups is 1. The monoisotopic (exact) mass is 216 g/mol. The van der Waals surface area contributed by atoms with Crippen molar-refractivity contribution in [2.24, 2.45) is 0 Å². The van der Waals surface area contributed by atoms with Crippen LogP contribution in [0.2, 0.25) is 0 Å². The largest absolute Gasteiger partial charge is 0.394 e. The minimum absolute atomic E-state index is 0.0593. The van der Waals surface area contributed by atoms with E-state index in [0.29, 0.717) is 32.2 Å². The van der Waals surface area contributed by atoms with Crippen molar-refractivity contribution in [3.8, 4) is 0 Å². The zero-order valence-corrected chi connectivity index (χ0v) is 9.00. The summed E-state index contributed by atoms with van der Waals surface area (Å²) in [5.41, 5.74) is 0. The first-order valence-corrected chi connectivity index (χ1v) is 5.51. The van der Waals surface area contributed by atoms with Gasteiger partial charge in [-0.1, -0.05) is 0 Å². The predicted octanol–water partition coefficient (Wildman–Crippen LogP) is -0.746. The molecule has 1 saturated carbocycles. The van der Waals surface area contributed by atoms with E-state index in [1.165, 1.54) is 0 Å². The van der Waals surface area contributed by atoms with Gasteiger partial charge in [-0.05, 0) is 12.8 Å². The summed E-state index contributed by atoms with van der Waals surface area (Å²) in [7, 11) is 0. The van der Waals surface area contributed by atoms with E-state index in [9.17, 15) is 4.79 Å². The Kier molecular flexibility index (Phi) is 6.31. The Morgan fingerprint density at radius 2 is 2.13 bits per heavy atom. The summed E-state index contributed by atoms with van der Waals surface area (Å²) in [6, 6.07) is 0.449. The van der Waals surface area contributed by atoms with Crippen LogP contribution in [-0.2, 0) is 9.53 Å². The van der Waals surface area contributed by atoms with Crippen LogP contribution in [-0.4, -0.2) is 50.0 Å². The van der Waals surface area contributed by atoms with Crippen molar-refractivity contribution in [3.05, 3.63) is 0 Å². The summed E-state index contributed by atoms with van der Waals surface area (Å²) >= 11 is 0. The molecule has 0 aromatic heterocycles. The Bertz CT molecular complexity index is 184. The SMILES string of the molecule is O=C(CCNCCOCCO)NC1CC1. The van der Waals surface area contributed by atoms with Crippen LogP contribution in [0.15, 0.2) is 0 Å². The molecule has 0 saturated heterocycles. The van der Waals surface area contributed by atoms with E-state index in [-0.39, 0.29) is 12.5 Å². The fraction of sp³-hybridized carbons (Fsp3) is 0.900. The third kappa shape index (κ3) is 7.30. The van der Waals surface area contributed by atoms with Gasteiger partial charge in [0, 0.05) is 25.6 Å². The molecule has 1 aliphatic carbocycles. The quantitative estimate of drug-likeness (QED) is 0.444. The second-order valence-electron chi connectivity index (χ2n) is 3.68. The highest BCUT2D eigenvalue weighted by Crippen LogP contribution is 2.18. The molecule has 0 atom stereocenters. The van der Waals surface area contributed by atoms with Gasteiger partial charge in [0.05, 0.1) is 19.8 Å². The molecule has 0 aliphatic heterocycles. The topological polar surface area (TPSA) is 70.6 Å². The van der Waals surface area contributed by atoms with Crippen molar-refractivity contribution in [1.82, 2.24) is 10.6 Å². The van der Waals surface area contributed by atoms with E-state index in [2.05, 4.69) is 10.6 Å². The molecule has 0 spiro atoms. The van der Waals surface area contributed by atoms with Gasteiger partial charge < -0.3 is 20.5 Å². The predicted molar refractivity (Wildman–Crippen MR) is 56.6 cm³/mol. The molecule has 0 heterocycles. The van der Waals surface area contributed by atoms with Gasteiger partial charge in [-0.15, -0.1) is 0 Å². The van der Waals surface area contributed by atoms with E-state index < -0.39 is 0 Å². The lowest BCUT2D eigenvalue weighted by Gasteiger charge is -2.05. The molecule has 15 heavy (non-hydrogen) atoms. The first kappa shape index (κ1) is 12.4. The molecule has 5 nitrogen and oxygen atoms in total. The number of hydrogen-bond acceptors (Lipinski definition) is 4. The lowest BCUT2D eigenvalue weighted by atomic mass is 10.4. The summed E-state index contributed by atoms with van der Waals surface area (Å²) in [6.07, 6.45) is 2.79. The zero-order valence-electron chi connectivity index (χ0n) is 9.00. The molecule has 1 aliphatic rings. The maximum atomic E-state index is 11.2. The molecule has 0 aromatic rings. The van der Waals surface area contributed by atoms with Crippen LogP contribution in [0, 0.1) is 0 Å². The van der Waals surface area contributed by atoms with Crippen molar-refractivity contribution in [3.63, 3.8) is 0 Å². The van der Waals surface area contributed by atoms with Gasteiger partial charge in [-0.2, -0.15) is 0 Å². The zero-order chi connectivity index (χ0) is 10.9. The number of aliphatic hydroxyl groups excluding tert-OH is 1. The standard InChI is InChI=1S/C10H20N2O3/c13-6-8-15-7-5-11-4-3-10(14)12-9-1-2-9/h9,11,13H,1-8H2,(H,12,14).